The van der Waals surface area contributed by atoms with Crippen molar-refractivity contribution >= 4 is 67.7 Å². The standard InChI is InChI=1S/C28H36N6O2S2Si/c1-6-34(7-2)23-15-11-21(12-16-23)31-33-28-29-27-25(37-28)19-26(38-27)32-30-22-13-17-24(18-14-22)35-20-36-39(8-3,9-4)10-5/h11-19H,6-10,20H2,1-5H3. The maximum absolute atomic E-state index is 6.16. The van der Waals surface area contributed by atoms with Crippen LogP contribution in [0, 0.1) is 0 Å². The summed E-state index contributed by atoms with van der Waals surface area (Å²) < 4.78 is 13.0. The first-order chi connectivity index (χ1) is 19.0. The van der Waals surface area contributed by atoms with Gasteiger partial charge in [-0.15, -0.1) is 20.5 Å². The normalized spacial score (nSPS) is 12.2. The van der Waals surface area contributed by atoms with Crippen molar-refractivity contribution in [3.05, 3.63) is 54.6 Å². The van der Waals surface area contributed by atoms with Gasteiger partial charge in [0.15, 0.2) is 15.1 Å². The second kappa shape index (κ2) is 13.9. The lowest BCUT2D eigenvalue weighted by molar-refractivity contribution is 0.109. The lowest BCUT2D eigenvalue weighted by atomic mass is 10.2. The average Bonchev–Trinajstić information content (AvgIpc) is 3.54. The first kappa shape index (κ1) is 29.0. The van der Waals surface area contributed by atoms with Crippen molar-refractivity contribution in [3.8, 4) is 5.75 Å². The zero-order valence-corrected chi connectivity index (χ0v) is 25.9. The van der Waals surface area contributed by atoms with Crippen LogP contribution in [-0.4, -0.2) is 33.2 Å². The molecule has 2 heterocycles. The Balaban J connectivity index is 1.32. The molecule has 0 saturated heterocycles. The number of aromatic nitrogens is 1. The molecule has 0 aliphatic carbocycles. The Labute approximate surface area is 239 Å². The van der Waals surface area contributed by atoms with Crippen molar-refractivity contribution in [2.24, 2.45) is 20.5 Å². The average molecular weight is 581 g/mol. The molecule has 0 spiro atoms. The number of hydrogen-bond acceptors (Lipinski definition) is 10. The van der Waals surface area contributed by atoms with Crippen LogP contribution in [0.1, 0.15) is 34.6 Å². The molecule has 0 aliphatic rings. The number of ether oxygens (including phenoxy) is 1. The molecular formula is C28H36N6O2S2Si. The monoisotopic (exact) mass is 580 g/mol. The quantitative estimate of drug-likeness (QED) is 0.0843. The second-order valence-electron chi connectivity index (χ2n) is 8.98. The zero-order chi connectivity index (χ0) is 27.7. The number of rotatable bonds is 14. The molecule has 2 aromatic carbocycles. The third kappa shape index (κ3) is 7.56. The van der Waals surface area contributed by atoms with Gasteiger partial charge in [0.05, 0.1) is 16.1 Å². The Hall–Kier alpha value is -2.99. The number of anilines is 1. The summed E-state index contributed by atoms with van der Waals surface area (Å²) in [6, 6.07) is 21.0. The Morgan fingerprint density at radius 1 is 0.769 bits per heavy atom. The van der Waals surface area contributed by atoms with E-state index in [0.29, 0.717) is 11.9 Å². The van der Waals surface area contributed by atoms with Gasteiger partial charge in [0.2, 0.25) is 5.13 Å². The Morgan fingerprint density at radius 3 is 1.97 bits per heavy atom. The van der Waals surface area contributed by atoms with Crippen LogP contribution >= 0.6 is 22.7 Å². The molecule has 0 unspecified atom stereocenters. The first-order valence-electron chi connectivity index (χ1n) is 13.5. The minimum absolute atomic E-state index is 0.298. The number of thiophene rings is 1. The fourth-order valence-electron chi connectivity index (χ4n) is 4.22. The molecule has 206 valence electrons. The topological polar surface area (TPSA) is 84.0 Å². The van der Waals surface area contributed by atoms with Gasteiger partial charge in [0, 0.05) is 18.8 Å². The van der Waals surface area contributed by atoms with E-state index in [2.05, 4.69) is 77.1 Å². The largest absolute Gasteiger partial charge is 0.469 e. The summed E-state index contributed by atoms with van der Waals surface area (Å²) in [6.45, 7) is 13.2. The molecule has 0 N–H and O–H groups in total. The summed E-state index contributed by atoms with van der Waals surface area (Å²) in [5, 5.41) is 18.9. The van der Waals surface area contributed by atoms with Crippen molar-refractivity contribution in [2.45, 2.75) is 52.8 Å². The Kier molecular flexibility index (Phi) is 10.3. The molecule has 4 rings (SSSR count). The van der Waals surface area contributed by atoms with Crippen LogP contribution in [0.5, 0.6) is 5.75 Å². The van der Waals surface area contributed by atoms with Crippen molar-refractivity contribution in [2.75, 3.05) is 24.8 Å². The fraction of sp³-hybridized carbons (Fsp3) is 0.393. The Morgan fingerprint density at radius 2 is 1.38 bits per heavy atom. The molecule has 0 fully saturated rings. The van der Waals surface area contributed by atoms with Crippen molar-refractivity contribution < 1.29 is 9.16 Å². The van der Waals surface area contributed by atoms with Gasteiger partial charge in [0.25, 0.3) is 0 Å². The number of nitrogens with zero attached hydrogens (tertiary/aromatic N) is 6. The minimum atomic E-state index is -1.65. The van der Waals surface area contributed by atoms with Gasteiger partial charge in [0.1, 0.15) is 15.6 Å². The van der Waals surface area contributed by atoms with Crippen LogP contribution in [0.4, 0.5) is 27.2 Å². The van der Waals surface area contributed by atoms with E-state index in [9.17, 15) is 0 Å². The van der Waals surface area contributed by atoms with Crippen molar-refractivity contribution in [3.63, 3.8) is 0 Å². The van der Waals surface area contributed by atoms with Gasteiger partial charge in [-0.25, -0.2) is 4.98 Å². The van der Waals surface area contributed by atoms with Crippen molar-refractivity contribution in [1.82, 2.24) is 4.98 Å². The van der Waals surface area contributed by atoms with E-state index < -0.39 is 8.32 Å². The van der Waals surface area contributed by atoms with E-state index in [0.717, 1.165) is 62.9 Å². The molecular weight excluding hydrogens is 545 g/mol. The number of azo groups is 2. The summed E-state index contributed by atoms with van der Waals surface area (Å²) in [6.07, 6.45) is 0. The summed E-state index contributed by atoms with van der Waals surface area (Å²) in [5.41, 5.74) is 2.75. The van der Waals surface area contributed by atoms with Crippen molar-refractivity contribution in [1.29, 1.82) is 0 Å². The molecule has 11 heteroatoms. The third-order valence-corrected chi connectivity index (χ3v) is 13.4. The second-order valence-corrected chi connectivity index (χ2v) is 15.8. The summed E-state index contributed by atoms with van der Waals surface area (Å²) in [7, 11) is -1.65. The van der Waals surface area contributed by atoms with Crippen LogP contribution < -0.4 is 9.64 Å². The van der Waals surface area contributed by atoms with Gasteiger partial charge in [-0.05, 0) is 86.6 Å². The summed E-state index contributed by atoms with van der Waals surface area (Å²) in [4.78, 5) is 7.77. The smallest absolute Gasteiger partial charge is 0.231 e. The molecule has 0 aliphatic heterocycles. The van der Waals surface area contributed by atoms with E-state index in [-0.39, 0.29) is 0 Å². The number of thiazole rings is 1. The third-order valence-electron chi connectivity index (χ3n) is 6.92. The predicted octanol–water partition coefficient (Wildman–Crippen LogP) is 10.4. The van der Waals surface area contributed by atoms with Crippen LogP contribution in [0.3, 0.4) is 0 Å². The maximum Gasteiger partial charge on any atom is 0.231 e. The summed E-state index contributed by atoms with van der Waals surface area (Å²) >= 11 is 2.98. The molecule has 0 atom stereocenters. The van der Waals surface area contributed by atoms with Gasteiger partial charge in [-0.2, -0.15) is 0 Å². The number of benzene rings is 2. The number of fused-ring (bicyclic) bond motifs is 1. The highest BCUT2D eigenvalue weighted by Crippen LogP contribution is 2.39. The predicted molar refractivity (Wildman–Crippen MR) is 166 cm³/mol. The van der Waals surface area contributed by atoms with E-state index >= 15 is 0 Å². The molecule has 39 heavy (non-hydrogen) atoms. The van der Waals surface area contributed by atoms with Gasteiger partial charge >= 0.3 is 0 Å². The van der Waals surface area contributed by atoms with Gasteiger partial charge < -0.3 is 14.1 Å². The van der Waals surface area contributed by atoms with Crippen LogP contribution in [0.25, 0.3) is 9.53 Å². The highest BCUT2D eigenvalue weighted by atomic mass is 32.1. The fourth-order valence-corrected chi connectivity index (χ4v) is 8.49. The molecule has 0 radical (unpaired) electrons. The lowest BCUT2D eigenvalue weighted by Crippen LogP contribution is -2.37. The van der Waals surface area contributed by atoms with E-state index in [1.54, 1.807) is 0 Å². The highest BCUT2D eigenvalue weighted by Gasteiger charge is 2.28. The molecule has 4 aromatic rings. The highest BCUT2D eigenvalue weighted by molar-refractivity contribution is 7.30. The molecule has 2 aromatic heterocycles. The zero-order valence-electron chi connectivity index (χ0n) is 23.3. The molecule has 0 amide bonds. The van der Waals surface area contributed by atoms with Crippen LogP contribution in [-0.2, 0) is 4.43 Å². The molecule has 0 bridgehead atoms. The first-order valence-corrected chi connectivity index (χ1v) is 17.6. The maximum atomic E-state index is 6.16. The lowest BCUT2D eigenvalue weighted by Gasteiger charge is -2.27. The van der Waals surface area contributed by atoms with Gasteiger partial charge in [-0.1, -0.05) is 43.4 Å². The van der Waals surface area contributed by atoms with E-state index in [4.69, 9.17) is 9.16 Å². The SMILES string of the molecule is CCN(CC)c1ccc(N=Nc2nc3sc(N=Nc4ccc(OCO[Si](CC)(CC)CC)cc4)cc3s2)cc1. The minimum Gasteiger partial charge on any atom is -0.469 e. The Bertz CT molecular complexity index is 1340. The summed E-state index contributed by atoms with van der Waals surface area (Å²) in [5.74, 6) is 0.766. The van der Waals surface area contributed by atoms with Crippen LogP contribution in [0.15, 0.2) is 75.1 Å². The molecule has 8 nitrogen and oxygen atoms in total. The number of hydrogen-bond donors (Lipinski definition) is 0. The van der Waals surface area contributed by atoms with E-state index in [1.165, 1.54) is 28.4 Å². The van der Waals surface area contributed by atoms with Gasteiger partial charge in [-0.3, -0.25) is 0 Å². The van der Waals surface area contributed by atoms with Crippen LogP contribution in [0.2, 0.25) is 18.1 Å². The van der Waals surface area contributed by atoms with E-state index in [1.807, 2.05) is 42.5 Å². The molecule has 0 saturated carbocycles.